The van der Waals surface area contributed by atoms with Crippen molar-refractivity contribution >= 4 is 5.91 Å². The molecule has 0 bridgehead atoms. The van der Waals surface area contributed by atoms with Gasteiger partial charge in [-0.3, -0.25) is 4.79 Å². The van der Waals surface area contributed by atoms with Gasteiger partial charge in [-0.25, -0.2) is 0 Å². The highest BCUT2D eigenvalue weighted by Gasteiger charge is 2.31. The van der Waals surface area contributed by atoms with Crippen LogP contribution in [0.1, 0.15) is 33.1 Å². The van der Waals surface area contributed by atoms with E-state index in [0.717, 1.165) is 19.0 Å². The third-order valence-corrected chi connectivity index (χ3v) is 3.63. The largest absolute Gasteiger partial charge is 0.353 e. The van der Waals surface area contributed by atoms with Crippen molar-refractivity contribution in [1.29, 1.82) is 0 Å². The van der Waals surface area contributed by atoms with E-state index >= 15 is 0 Å². The summed E-state index contributed by atoms with van der Waals surface area (Å²) < 4.78 is 0. The van der Waals surface area contributed by atoms with E-state index in [1.165, 1.54) is 19.3 Å². The Bertz CT molecular complexity index is 238. The molecular formula is C12H22N2O. The minimum Gasteiger partial charge on any atom is -0.353 e. The highest BCUT2D eigenvalue weighted by atomic mass is 16.2. The molecule has 1 heterocycles. The fourth-order valence-corrected chi connectivity index (χ4v) is 2.42. The predicted molar refractivity (Wildman–Crippen MR) is 60.5 cm³/mol. The van der Waals surface area contributed by atoms with Gasteiger partial charge in [0, 0.05) is 12.6 Å². The fourth-order valence-electron chi connectivity index (χ4n) is 2.42. The Morgan fingerprint density at radius 2 is 2.20 bits per heavy atom. The molecule has 1 aliphatic carbocycles. The maximum absolute atomic E-state index is 11.9. The van der Waals surface area contributed by atoms with Gasteiger partial charge in [0.05, 0.1) is 5.92 Å². The zero-order valence-corrected chi connectivity index (χ0v) is 9.75. The van der Waals surface area contributed by atoms with Crippen LogP contribution in [-0.4, -0.2) is 25.0 Å². The van der Waals surface area contributed by atoms with E-state index in [0.29, 0.717) is 12.0 Å². The van der Waals surface area contributed by atoms with Gasteiger partial charge >= 0.3 is 0 Å². The molecule has 0 aromatic heterocycles. The molecular weight excluding hydrogens is 188 g/mol. The summed E-state index contributed by atoms with van der Waals surface area (Å²) in [7, 11) is 0. The number of carbonyl (C=O) groups is 1. The Balaban J connectivity index is 1.74. The van der Waals surface area contributed by atoms with Crippen molar-refractivity contribution in [2.45, 2.75) is 39.2 Å². The molecule has 3 heteroatoms. The standard InChI is InChI=1S/C12H22N2O/c1-8-6-13-7-11(8)12(15)14-9(2)5-10-3-4-10/h8-11,13H,3-7H2,1-2H3,(H,14,15)/t8-,9?,11-/m1/s1. The number of carbonyl (C=O) groups excluding carboxylic acids is 1. The molecule has 1 amide bonds. The van der Waals surface area contributed by atoms with Crippen molar-refractivity contribution in [3.8, 4) is 0 Å². The van der Waals surface area contributed by atoms with Gasteiger partial charge in [0.15, 0.2) is 0 Å². The minimum atomic E-state index is 0.187. The van der Waals surface area contributed by atoms with Gasteiger partial charge in [0.1, 0.15) is 0 Å². The van der Waals surface area contributed by atoms with Crippen LogP contribution in [0.3, 0.4) is 0 Å². The van der Waals surface area contributed by atoms with E-state index in [4.69, 9.17) is 0 Å². The Kier molecular flexibility index (Phi) is 3.29. The average Bonchev–Trinajstić information content (AvgIpc) is 2.85. The summed E-state index contributed by atoms with van der Waals surface area (Å²) >= 11 is 0. The molecule has 0 spiro atoms. The van der Waals surface area contributed by atoms with Gasteiger partial charge < -0.3 is 10.6 Å². The molecule has 2 fully saturated rings. The van der Waals surface area contributed by atoms with Crippen molar-refractivity contribution in [2.75, 3.05) is 13.1 Å². The Labute approximate surface area is 92.0 Å². The molecule has 0 aromatic rings. The molecule has 2 aliphatic rings. The Morgan fingerprint density at radius 3 is 2.73 bits per heavy atom. The highest BCUT2D eigenvalue weighted by Crippen LogP contribution is 2.33. The molecule has 0 aromatic carbocycles. The summed E-state index contributed by atoms with van der Waals surface area (Å²) in [6.07, 6.45) is 3.89. The summed E-state index contributed by atoms with van der Waals surface area (Å²) in [6.45, 7) is 6.11. The minimum absolute atomic E-state index is 0.187. The molecule has 1 unspecified atom stereocenters. The monoisotopic (exact) mass is 210 g/mol. The van der Waals surface area contributed by atoms with Gasteiger partial charge in [-0.05, 0) is 31.7 Å². The molecule has 2 rings (SSSR count). The second-order valence-corrected chi connectivity index (χ2v) is 5.33. The van der Waals surface area contributed by atoms with E-state index in [9.17, 15) is 4.79 Å². The van der Waals surface area contributed by atoms with Gasteiger partial charge in [-0.1, -0.05) is 19.8 Å². The van der Waals surface area contributed by atoms with Crippen LogP contribution < -0.4 is 10.6 Å². The van der Waals surface area contributed by atoms with Crippen molar-refractivity contribution in [1.82, 2.24) is 10.6 Å². The molecule has 0 radical (unpaired) electrons. The van der Waals surface area contributed by atoms with E-state index in [1.807, 2.05) is 0 Å². The van der Waals surface area contributed by atoms with Gasteiger partial charge in [0.25, 0.3) is 0 Å². The molecule has 86 valence electrons. The first-order valence-corrected chi connectivity index (χ1v) is 6.18. The van der Waals surface area contributed by atoms with Gasteiger partial charge in [-0.2, -0.15) is 0 Å². The normalized spacial score (nSPS) is 32.7. The molecule has 15 heavy (non-hydrogen) atoms. The second kappa shape index (κ2) is 4.52. The molecule has 1 aliphatic heterocycles. The molecule has 1 saturated heterocycles. The summed E-state index contributed by atoms with van der Waals surface area (Å²) in [5.74, 6) is 1.81. The first-order valence-electron chi connectivity index (χ1n) is 6.18. The summed E-state index contributed by atoms with van der Waals surface area (Å²) in [4.78, 5) is 11.9. The lowest BCUT2D eigenvalue weighted by atomic mass is 9.97. The van der Waals surface area contributed by atoms with Gasteiger partial charge in [0.2, 0.25) is 5.91 Å². The van der Waals surface area contributed by atoms with Crippen LogP contribution >= 0.6 is 0 Å². The predicted octanol–water partition coefficient (Wildman–Crippen LogP) is 1.15. The molecule has 1 saturated carbocycles. The van der Waals surface area contributed by atoms with Crippen molar-refractivity contribution < 1.29 is 4.79 Å². The molecule has 2 N–H and O–H groups in total. The zero-order valence-electron chi connectivity index (χ0n) is 9.75. The second-order valence-electron chi connectivity index (χ2n) is 5.33. The first kappa shape index (κ1) is 10.9. The van der Waals surface area contributed by atoms with Gasteiger partial charge in [-0.15, -0.1) is 0 Å². The van der Waals surface area contributed by atoms with E-state index in [2.05, 4.69) is 24.5 Å². The topological polar surface area (TPSA) is 41.1 Å². The highest BCUT2D eigenvalue weighted by molar-refractivity contribution is 5.79. The number of amides is 1. The summed E-state index contributed by atoms with van der Waals surface area (Å²) in [5, 5.41) is 6.41. The average molecular weight is 210 g/mol. The van der Waals surface area contributed by atoms with Crippen LogP contribution in [0, 0.1) is 17.8 Å². The summed E-state index contributed by atoms with van der Waals surface area (Å²) in [6, 6.07) is 0.359. The smallest absolute Gasteiger partial charge is 0.224 e. The lowest BCUT2D eigenvalue weighted by Gasteiger charge is -2.18. The summed E-state index contributed by atoms with van der Waals surface area (Å²) in [5.41, 5.74) is 0. The maximum Gasteiger partial charge on any atom is 0.224 e. The SMILES string of the molecule is CC(CC1CC1)NC(=O)[C@@H]1CNC[C@H]1C. The van der Waals surface area contributed by atoms with Crippen molar-refractivity contribution in [2.24, 2.45) is 17.8 Å². The lowest BCUT2D eigenvalue weighted by molar-refractivity contribution is -0.126. The fraction of sp³-hybridized carbons (Fsp3) is 0.917. The number of nitrogens with one attached hydrogen (secondary N) is 2. The van der Waals surface area contributed by atoms with E-state index in [-0.39, 0.29) is 11.8 Å². The lowest BCUT2D eigenvalue weighted by Crippen LogP contribution is -2.39. The Morgan fingerprint density at radius 1 is 1.47 bits per heavy atom. The van der Waals surface area contributed by atoms with Crippen molar-refractivity contribution in [3.63, 3.8) is 0 Å². The van der Waals surface area contributed by atoms with Crippen LogP contribution in [0.25, 0.3) is 0 Å². The van der Waals surface area contributed by atoms with Crippen LogP contribution in [0.15, 0.2) is 0 Å². The first-order chi connectivity index (χ1) is 7.16. The third-order valence-electron chi connectivity index (χ3n) is 3.63. The molecule has 3 atom stereocenters. The van der Waals surface area contributed by atoms with Crippen LogP contribution in [0.2, 0.25) is 0 Å². The van der Waals surface area contributed by atoms with Crippen LogP contribution in [-0.2, 0) is 4.79 Å². The maximum atomic E-state index is 11.9. The number of hydrogen-bond donors (Lipinski definition) is 2. The van der Waals surface area contributed by atoms with Crippen LogP contribution in [0.5, 0.6) is 0 Å². The number of rotatable bonds is 4. The van der Waals surface area contributed by atoms with Crippen LogP contribution in [0.4, 0.5) is 0 Å². The number of hydrogen-bond acceptors (Lipinski definition) is 2. The van der Waals surface area contributed by atoms with Crippen molar-refractivity contribution in [3.05, 3.63) is 0 Å². The quantitative estimate of drug-likeness (QED) is 0.731. The molecule has 3 nitrogen and oxygen atoms in total. The van der Waals surface area contributed by atoms with E-state index < -0.39 is 0 Å². The van der Waals surface area contributed by atoms with E-state index in [1.54, 1.807) is 0 Å². The Hall–Kier alpha value is -0.570. The zero-order chi connectivity index (χ0) is 10.8. The third kappa shape index (κ3) is 2.94.